The summed E-state index contributed by atoms with van der Waals surface area (Å²) in [5.41, 5.74) is 6.06. The number of aldehydes is 1. The summed E-state index contributed by atoms with van der Waals surface area (Å²) in [6, 6.07) is 17.4. The van der Waals surface area contributed by atoms with Gasteiger partial charge in [-0.2, -0.15) is 0 Å². The van der Waals surface area contributed by atoms with Crippen molar-refractivity contribution in [3.63, 3.8) is 0 Å². The molecule has 1 aliphatic rings. The molecular weight excluding hydrogens is 422 g/mol. The van der Waals surface area contributed by atoms with Crippen LogP contribution in [-0.2, 0) is 6.54 Å². The quantitative estimate of drug-likeness (QED) is 0.331. The molecule has 1 aliphatic carbocycles. The summed E-state index contributed by atoms with van der Waals surface area (Å²) in [6.07, 6.45) is 3.14. The summed E-state index contributed by atoms with van der Waals surface area (Å²) in [7, 11) is 0. The summed E-state index contributed by atoms with van der Waals surface area (Å²) in [5, 5.41) is 3.58. The molecule has 0 saturated heterocycles. The molecule has 0 aliphatic heterocycles. The number of anilines is 1. The van der Waals surface area contributed by atoms with Gasteiger partial charge in [0.05, 0.1) is 0 Å². The third-order valence-corrected chi connectivity index (χ3v) is 6.68. The standard InChI is InChI=1S/C28H31N5O/c1-17(2)21-10-8-20(9-11-21)15-33-25-26(29-19(4)22-12-13-22)30-24(16-34)31-27(25)32-28(33)23-7-5-6-18(3)14-23/h5-11,14,16-17,19,22H,12-13,15H2,1-4H3,(H,29,30,31)/t19-/m1/s1. The summed E-state index contributed by atoms with van der Waals surface area (Å²) in [4.78, 5) is 25.6. The molecule has 1 fully saturated rings. The lowest BCUT2D eigenvalue weighted by molar-refractivity contribution is 0.111. The predicted octanol–water partition coefficient (Wildman–Crippen LogP) is 6.00. The van der Waals surface area contributed by atoms with E-state index in [4.69, 9.17) is 4.98 Å². The first-order valence-electron chi connectivity index (χ1n) is 12.1. The van der Waals surface area contributed by atoms with Crippen LogP contribution in [0.15, 0.2) is 48.5 Å². The molecule has 0 spiro atoms. The molecule has 2 aromatic heterocycles. The van der Waals surface area contributed by atoms with Crippen LogP contribution in [-0.4, -0.2) is 31.8 Å². The van der Waals surface area contributed by atoms with Gasteiger partial charge in [0.15, 0.2) is 23.6 Å². The van der Waals surface area contributed by atoms with Crippen molar-refractivity contribution in [2.45, 2.75) is 59.0 Å². The van der Waals surface area contributed by atoms with E-state index in [1.54, 1.807) is 0 Å². The van der Waals surface area contributed by atoms with E-state index in [-0.39, 0.29) is 11.9 Å². The van der Waals surface area contributed by atoms with Gasteiger partial charge in [-0.05, 0) is 55.7 Å². The van der Waals surface area contributed by atoms with Gasteiger partial charge >= 0.3 is 0 Å². The van der Waals surface area contributed by atoms with Crippen molar-refractivity contribution in [1.82, 2.24) is 19.5 Å². The molecule has 2 heterocycles. The topological polar surface area (TPSA) is 72.7 Å². The highest BCUT2D eigenvalue weighted by molar-refractivity contribution is 5.89. The lowest BCUT2D eigenvalue weighted by atomic mass is 10.0. The fourth-order valence-electron chi connectivity index (χ4n) is 4.48. The van der Waals surface area contributed by atoms with Crippen LogP contribution in [0.3, 0.4) is 0 Å². The molecule has 2 aromatic carbocycles. The molecule has 34 heavy (non-hydrogen) atoms. The van der Waals surface area contributed by atoms with Gasteiger partial charge in [0.2, 0.25) is 0 Å². The first-order chi connectivity index (χ1) is 16.4. The van der Waals surface area contributed by atoms with Gasteiger partial charge in [0.25, 0.3) is 0 Å². The molecule has 0 bridgehead atoms. The highest BCUT2D eigenvalue weighted by Crippen LogP contribution is 2.36. The van der Waals surface area contributed by atoms with Crippen molar-refractivity contribution in [3.05, 3.63) is 71.0 Å². The third-order valence-electron chi connectivity index (χ3n) is 6.68. The Bertz CT molecular complexity index is 1340. The van der Waals surface area contributed by atoms with Crippen molar-refractivity contribution in [2.24, 2.45) is 5.92 Å². The smallest absolute Gasteiger partial charge is 0.196 e. The van der Waals surface area contributed by atoms with Crippen LogP contribution in [0.5, 0.6) is 0 Å². The monoisotopic (exact) mass is 453 g/mol. The number of rotatable bonds is 8. The van der Waals surface area contributed by atoms with E-state index in [9.17, 15) is 4.79 Å². The third kappa shape index (κ3) is 4.45. The number of aryl methyl sites for hydroxylation is 1. The molecule has 6 heteroatoms. The number of carbonyl (C=O) groups is 1. The van der Waals surface area contributed by atoms with Gasteiger partial charge < -0.3 is 9.88 Å². The first kappa shape index (κ1) is 22.3. The number of carbonyl (C=O) groups excluding carboxylic acids is 1. The normalized spacial score (nSPS) is 14.5. The molecule has 0 unspecified atom stereocenters. The minimum atomic E-state index is 0.153. The molecule has 1 N–H and O–H groups in total. The van der Waals surface area contributed by atoms with E-state index in [1.807, 2.05) is 6.07 Å². The zero-order chi connectivity index (χ0) is 23.8. The number of nitrogens with one attached hydrogen (secondary N) is 1. The highest BCUT2D eigenvalue weighted by Gasteiger charge is 2.29. The number of nitrogens with zero attached hydrogens (tertiary/aromatic N) is 4. The van der Waals surface area contributed by atoms with Crippen LogP contribution in [0.25, 0.3) is 22.6 Å². The van der Waals surface area contributed by atoms with Crippen LogP contribution in [0.2, 0.25) is 0 Å². The number of imidazole rings is 1. The van der Waals surface area contributed by atoms with E-state index in [0.29, 0.717) is 36.1 Å². The minimum absolute atomic E-state index is 0.153. The van der Waals surface area contributed by atoms with E-state index < -0.39 is 0 Å². The number of hydrogen-bond donors (Lipinski definition) is 1. The molecule has 1 atom stereocenters. The second-order valence-electron chi connectivity index (χ2n) is 9.78. The average Bonchev–Trinajstić information content (AvgIpc) is 3.62. The summed E-state index contributed by atoms with van der Waals surface area (Å²) >= 11 is 0. The van der Waals surface area contributed by atoms with Crippen molar-refractivity contribution in [1.29, 1.82) is 0 Å². The fourth-order valence-corrected chi connectivity index (χ4v) is 4.48. The molecule has 0 amide bonds. The van der Waals surface area contributed by atoms with Crippen LogP contribution in [0.1, 0.15) is 66.8 Å². The number of fused-ring (bicyclic) bond motifs is 1. The Morgan fingerprint density at radius 2 is 1.82 bits per heavy atom. The van der Waals surface area contributed by atoms with Gasteiger partial charge in [0, 0.05) is 18.2 Å². The first-order valence-corrected chi connectivity index (χ1v) is 12.1. The molecular formula is C28H31N5O. The Balaban J connectivity index is 1.68. The maximum atomic E-state index is 11.6. The zero-order valence-electron chi connectivity index (χ0n) is 20.2. The maximum Gasteiger partial charge on any atom is 0.196 e. The molecule has 1 saturated carbocycles. The summed E-state index contributed by atoms with van der Waals surface area (Å²) in [5.74, 6) is 2.78. The Kier molecular flexibility index (Phi) is 5.90. The molecule has 5 rings (SSSR count). The molecule has 0 radical (unpaired) electrons. The van der Waals surface area contributed by atoms with Crippen molar-refractivity contribution < 1.29 is 4.79 Å². The van der Waals surface area contributed by atoms with Crippen molar-refractivity contribution in [2.75, 3.05) is 5.32 Å². The predicted molar refractivity (Wildman–Crippen MR) is 136 cm³/mol. The summed E-state index contributed by atoms with van der Waals surface area (Å²) < 4.78 is 2.19. The SMILES string of the molecule is Cc1cccc(-c2nc3nc(C=O)nc(N[C@H](C)C4CC4)c3n2Cc2ccc(C(C)C)cc2)c1. The van der Waals surface area contributed by atoms with Crippen LogP contribution >= 0.6 is 0 Å². The van der Waals surface area contributed by atoms with E-state index in [0.717, 1.165) is 22.5 Å². The Labute approximate surface area is 200 Å². The number of benzene rings is 2. The van der Waals surface area contributed by atoms with Gasteiger partial charge in [-0.1, -0.05) is 61.9 Å². The van der Waals surface area contributed by atoms with E-state index in [2.05, 4.69) is 90.0 Å². The second kappa shape index (κ2) is 9.01. The van der Waals surface area contributed by atoms with Gasteiger partial charge in [-0.3, -0.25) is 4.79 Å². The molecule has 6 nitrogen and oxygen atoms in total. The Morgan fingerprint density at radius 1 is 1.06 bits per heavy atom. The minimum Gasteiger partial charge on any atom is -0.365 e. The average molecular weight is 454 g/mol. The number of aromatic nitrogens is 4. The largest absolute Gasteiger partial charge is 0.365 e. The van der Waals surface area contributed by atoms with Crippen LogP contribution in [0, 0.1) is 12.8 Å². The van der Waals surface area contributed by atoms with Crippen LogP contribution in [0.4, 0.5) is 5.82 Å². The zero-order valence-corrected chi connectivity index (χ0v) is 20.2. The van der Waals surface area contributed by atoms with Gasteiger partial charge in [-0.15, -0.1) is 0 Å². The Hall–Kier alpha value is -3.54. The van der Waals surface area contributed by atoms with E-state index in [1.165, 1.54) is 24.0 Å². The lowest BCUT2D eigenvalue weighted by Crippen LogP contribution is -2.20. The fraction of sp³-hybridized carbons (Fsp3) is 0.357. The Morgan fingerprint density at radius 3 is 2.47 bits per heavy atom. The van der Waals surface area contributed by atoms with Crippen LogP contribution < -0.4 is 5.32 Å². The maximum absolute atomic E-state index is 11.6. The van der Waals surface area contributed by atoms with Crippen molar-refractivity contribution in [3.8, 4) is 11.4 Å². The highest BCUT2D eigenvalue weighted by atomic mass is 16.1. The van der Waals surface area contributed by atoms with E-state index >= 15 is 0 Å². The van der Waals surface area contributed by atoms with Gasteiger partial charge in [0.1, 0.15) is 11.3 Å². The summed E-state index contributed by atoms with van der Waals surface area (Å²) in [6.45, 7) is 9.30. The second-order valence-corrected chi connectivity index (χ2v) is 9.78. The molecule has 174 valence electrons. The van der Waals surface area contributed by atoms with Crippen molar-refractivity contribution >= 4 is 23.3 Å². The number of hydrogen-bond acceptors (Lipinski definition) is 5. The lowest BCUT2D eigenvalue weighted by Gasteiger charge is -2.17. The van der Waals surface area contributed by atoms with Gasteiger partial charge in [-0.25, -0.2) is 15.0 Å². The molecule has 4 aromatic rings.